The summed E-state index contributed by atoms with van der Waals surface area (Å²) >= 11 is 5.85. The van der Waals surface area contributed by atoms with E-state index in [4.69, 9.17) is 17.3 Å². The van der Waals surface area contributed by atoms with E-state index in [-0.39, 0.29) is 10.7 Å². The molecule has 6 nitrogen and oxygen atoms in total. The normalized spacial score (nSPS) is 10.7. The Hall–Kier alpha value is -2.60. The molecule has 3 aromatic rings. The number of fused-ring (bicyclic) bond motifs is 1. The molecule has 0 bridgehead atoms. The first-order valence-electron chi connectivity index (χ1n) is 5.80. The van der Waals surface area contributed by atoms with Crippen LogP contribution in [0.1, 0.15) is 10.4 Å². The topological polar surface area (TPSA) is 96.7 Å². The van der Waals surface area contributed by atoms with Gasteiger partial charge in [0, 0.05) is 11.1 Å². The van der Waals surface area contributed by atoms with E-state index in [0.717, 1.165) is 16.6 Å². The Labute approximate surface area is 119 Å². The third-order valence-corrected chi connectivity index (χ3v) is 3.04. The molecule has 2 aromatic heterocycles. The predicted octanol–water partition coefficient (Wildman–Crippen LogP) is 2.45. The lowest BCUT2D eigenvalue weighted by Gasteiger charge is -2.09. The first kappa shape index (κ1) is 12.4. The van der Waals surface area contributed by atoms with Crippen molar-refractivity contribution in [1.29, 1.82) is 0 Å². The number of primary amides is 1. The lowest BCUT2D eigenvalue weighted by molar-refractivity contribution is 0.100. The molecule has 0 unspecified atom stereocenters. The second-order valence-electron chi connectivity index (χ2n) is 4.19. The van der Waals surface area contributed by atoms with Gasteiger partial charge in [-0.15, -0.1) is 0 Å². The zero-order valence-corrected chi connectivity index (χ0v) is 11.0. The Morgan fingerprint density at radius 3 is 2.95 bits per heavy atom. The number of carbonyl (C=O) groups is 1. The van der Waals surface area contributed by atoms with Crippen LogP contribution in [0.5, 0.6) is 0 Å². The van der Waals surface area contributed by atoms with Gasteiger partial charge in [-0.3, -0.25) is 9.89 Å². The molecule has 0 saturated heterocycles. The number of halogens is 1. The quantitative estimate of drug-likeness (QED) is 0.645. The summed E-state index contributed by atoms with van der Waals surface area (Å²) < 4.78 is 0. The Morgan fingerprint density at radius 1 is 1.30 bits per heavy atom. The Morgan fingerprint density at radius 2 is 2.15 bits per heavy atom. The first-order chi connectivity index (χ1) is 9.63. The third-order valence-electron chi connectivity index (χ3n) is 2.83. The predicted molar refractivity (Wildman–Crippen MR) is 77.1 cm³/mol. The van der Waals surface area contributed by atoms with E-state index in [0.29, 0.717) is 5.82 Å². The highest BCUT2D eigenvalue weighted by Crippen LogP contribution is 2.23. The summed E-state index contributed by atoms with van der Waals surface area (Å²) in [5.74, 6) is -0.242. The number of pyridine rings is 1. The fraction of sp³-hybridized carbons (Fsp3) is 0. The van der Waals surface area contributed by atoms with Gasteiger partial charge in [0.2, 0.25) is 0 Å². The van der Waals surface area contributed by atoms with Crippen LogP contribution < -0.4 is 11.1 Å². The summed E-state index contributed by atoms with van der Waals surface area (Å²) in [4.78, 5) is 15.5. The number of carbonyl (C=O) groups excluding carboxylic acids is 1. The van der Waals surface area contributed by atoms with Gasteiger partial charge in [-0.2, -0.15) is 5.10 Å². The van der Waals surface area contributed by atoms with Gasteiger partial charge in [-0.1, -0.05) is 11.6 Å². The average molecular weight is 288 g/mol. The molecule has 0 spiro atoms. The number of rotatable bonds is 3. The Bertz CT molecular complexity index is 798. The minimum absolute atomic E-state index is 0.279. The summed E-state index contributed by atoms with van der Waals surface area (Å²) in [7, 11) is 0. The highest BCUT2D eigenvalue weighted by Gasteiger charge is 2.11. The number of aromatic nitrogens is 3. The number of hydrogen-bond acceptors (Lipinski definition) is 4. The lowest BCUT2D eigenvalue weighted by atomic mass is 10.2. The second-order valence-corrected chi connectivity index (χ2v) is 4.58. The molecular formula is C13H10ClN5O. The van der Waals surface area contributed by atoms with Crippen LogP contribution in [0.15, 0.2) is 36.5 Å². The lowest BCUT2D eigenvalue weighted by Crippen LogP contribution is -2.14. The van der Waals surface area contributed by atoms with E-state index in [9.17, 15) is 4.79 Å². The number of nitrogens with two attached hydrogens (primary N) is 1. The zero-order valence-electron chi connectivity index (χ0n) is 10.2. The molecular weight excluding hydrogens is 278 g/mol. The van der Waals surface area contributed by atoms with Gasteiger partial charge >= 0.3 is 0 Å². The number of hydrogen-bond donors (Lipinski definition) is 3. The average Bonchev–Trinajstić information content (AvgIpc) is 2.85. The number of anilines is 2. The minimum Gasteiger partial charge on any atom is -0.365 e. The number of amides is 1. The van der Waals surface area contributed by atoms with Crippen molar-refractivity contribution in [3.05, 3.63) is 47.2 Å². The minimum atomic E-state index is -0.568. The first-order valence-corrected chi connectivity index (χ1v) is 6.18. The zero-order chi connectivity index (χ0) is 14.1. The van der Waals surface area contributed by atoms with Gasteiger partial charge < -0.3 is 11.1 Å². The van der Waals surface area contributed by atoms with Crippen LogP contribution in [0.3, 0.4) is 0 Å². The fourth-order valence-corrected chi connectivity index (χ4v) is 2.03. The van der Waals surface area contributed by atoms with E-state index >= 15 is 0 Å². The molecule has 1 aromatic carbocycles. The third kappa shape index (κ3) is 2.28. The fourth-order valence-electron chi connectivity index (χ4n) is 1.89. The van der Waals surface area contributed by atoms with Gasteiger partial charge in [0.15, 0.2) is 0 Å². The highest BCUT2D eigenvalue weighted by atomic mass is 35.5. The van der Waals surface area contributed by atoms with Gasteiger partial charge in [-0.05, 0) is 30.3 Å². The van der Waals surface area contributed by atoms with E-state index < -0.39 is 5.91 Å². The summed E-state index contributed by atoms with van der Waals surface area (Å²) in [6.45, 7) is 0. The molecule has 1 amide bonds. The van der Waals surface area contributed by atoms with E-state index in [1.54, 1.807) is 6.20 Å². The molecule has 20 heavy (non-hydrogen) atoms. The molecule has 0 radical (unpaired) electrons. The maximum absolute atomic E-state index is 11.4. The molecule has 0 aliphatic carbocycles. The SMILES string of the molecule is NC(=O)c1ccc(Cl)nc1Nc1ccc2[nH]ncc2c1. The van der Waals surface area contributed by atoms with Crippen molar-refractivity contribution in [2.45, 2.75) is 0 Å². The van der Waals surface area contributed by atoms with E-state index in [1.165, 1.54) is 12.1 Å². The van der Waals surface area contributed by atoms with Gasteiger partial charge in [0.05, 0.1) is 17.3 Å². The van der Waals surface area contributed by atoms with E-state index in [2.05, 4.69) is 20.5 Å². The molecule has 0 fully saturated rings. The molecule has 0 saturated carbocycles. The van der Waals surface area contributed by atoms with Gasteiger partial charge in [0.25, 0.3) is 5.91 Å². The number of nitrogens with zero attached hydrogens (tertiary/aromatic N) is 2. The molecule has 2 heterocycles. The van der Waals surface area contributed by atoms with Crippen molar-refractivity contribution in [3.8, 4) is 0 Å². The van der Waals surface area contributed by atoms with Crippen LogP contribution in [0.2, 0.25) is 5.15 Å². The van der Waals surface area contributed by atoms with Crippen LogP contribution >= 0.6 is 11.6 Å². The Balaban J connectivity index is 2.01. The van der Waals surface area contributed by atoms with Crippen LogP contribution in [-0.2, 0) is 0 Å². The summed E-state index contributed by atoms with van der Waals surface area (Å²) in [6.07, 6.45) is 1.71. The van der Waals surface area contributed by atoms with Crippen molar-refractivity contribution in [1.82, 2.24) is 15.2 Å². The molecule has 3 rings (SSSR count). The van der Waals surface area contributed by atoms with Crippen molar-refractivity contribution in [3.63, 3.8) is 0 Å². The second kappa shape index (κ2) is 4.82. The molecule has 0 aliphatic heterocycles. The van der Waals surface area contributed by atoms with Crippen molar-refractivity contribution < 1.29 is 4.79 Å². The molecule has 100 valence electrons. The molecule has 7 heteroatoms. The largest absolute Gasteiger partial charge is 0.365 e. The Kier molecular flexibility index (Phi) is 3.00. The number of nitrogens with one attached hydrogen (secondary N) is 2. The highest BCUT2D eigenvalue weighted by molar-refractivity contribution is 6.29. The monoisotopic (exact) mass is 287 g/mol. The number of benzene rings is 1. The van der Waals surface area contributed by atoms with E-state index in [1.807, 2.05) is 18.2 Å². The van der Waals surface area contributed by atoms with Crippen LogP contribution in [0, 0.1) is 0 Å². The summed E-state index contributed by atoms with van der Waals surface area (Å²) in [5, 5.41) is 11.1. The molecule has 0 aliphatic rings. The van der Waals surface area contributed by atoms with Crippen LogP contribution in [0.4, 0.5) is 11.5 Å². The van der Waals surface area contributed by atoms with Crippen LogP contribution in [-0.4, -0.2) is 21.1 Å². The van der Waals surface area contributed by atoms with Crippen molar-refractivity contribution in [2.24, 2.45) is 5.73 Å². The van der Waals surface area contributed by atoms with Crippen molar-refractivity contribution >= 4 is 39.9 Å². The van der Waals surface area contributed by atoms with Crippen LogP contribution in [0.25, 0.3) is 10.9 Å². The molecule has 4 N–H and O–H groups in total. The maximum atomic E-state index is 11.4. The smallest absolute Gasteiger partial charge is 0.252 e. The standard InChI is InChI=1S/C13H10ClN5O/c14-11-4-2-9(12(15)20)13(18-11)17-8-1-3-10-7(5-8)6-16-19-10/h1-6H,(H2,15,20)(H,16,19)(H,17,18). The number of H-pyrrole nitrogens is 1. The molecule has 0 atom stereocenters. The van der Waals surface area contributed by atoms with Gasteiger partial charge in [0.1, 0.15) is 11.0 Å². The summed E-state index contributed by atoms with van der Waals surface area (Å²) in [6, 6.07) is 8.65. The number of aromatic amines is 1. The van der Waals surface area contributed by atoms with Gasteiger partial charge in [-0.25, -0.2) is 4.98 Å². The maximum Gasteiger partial charge on any atom is 0.252 e. The van der Waals surface area contributed by atoms with Crippen molar-refractivity contribution in [2.75, 3.05) is 5.32 Å². The summed E-state index contributed by atoms with van der Waals surface area (Å²) in [5.41, 5.74) is 7.28.